The van der Waals surface area contributed by atoms with E-state index < -0.39 is 32.6 Å². The molecule has 12 heteroatoms. The lowest BCUT2D eigenvalue weighted by Crippen LogP contribution is -2.67. The van der Waals surface area contributed by atoms with Crippen molar-refractivity contribution in [1.29, 1.82) is 0 Å². The molecular weight excluding hydrogens is 790 g/mol. The van der Waals surface area contributed by atoms with E-state index in [-0.39, 0.29) is 5.04 Å². The average Bonchev–Trinajstić information content (AvgIpc) is 3.77. The normalized spacial score (nSPS) is 13.9. The Hall–Kier alpha value is -3.68. The van der Waals surface area contributed by atoms with Crippen LogP contribution in [0.15, 0.2) is 97.2 Å². The fourth-order valence-corrected chi connectivity index (χ4v) is 13.3. The Labute approximate surface area is 329 Å². The van der Waals surface area contributed by atoms with Gasteiger partial charge in [0.15, 0.2) is 5.82 Å². The van der Waals surface area contributed by atoms with Crippen LogP contribution in [0.3, 0.4) is 0 Å². The molecular formula is C42H46BrF3N4O2SSi. The third kappa shape index (κ3) is 7.73. The van der Waals surface area contributed by atoms with E-state index in [9.17, 15) is 8.78 Å². The molecule has 0 saturated heterocycles. The number of aromatic nitrogens is 4. The topological polar surface area (TPSA) is 62.1 Å². The molecule has 6 nitrogen and oxygen atoms in total. The summed E-state index contributed by atoms with van der Waals surface area (Å²) in [4.78, 5) is 9.29. The van der Waals surface area contributed by atoms with Crippen LogP contribution in [0, 0.1) is 5.41 Å². The zero-order valence-corrected chi connectivity index (χ0v) is 35.0. The number of fused-ring (bicyclic) bond motifs is 1. The van der Waals surface area contributed by atoms with E-state index in [0.717, 1.165) is 20.5 Å². The summed E-state index contributed by atoms with van der Waals surface area (Å²) in [5.74, 6) is 0.644. The number of rotatable bonds is 14. The Morgan fingerprint density at radius 3 is 2.09 bits per heavy atom. The van der Waals surface area contributed by atoms with Crippen molar-refractivity contribution in [2.75, 3.05) is 13.7 Å². The van der Waals surface area contributed by atoms with Crippen LogP contribution in [0.2, 0.25) is 5.04 Å². The number of halogens is 4. The third-order valence-corrected chi connectivity index (χ3v) is 16.3. The van der Waals surface area contributed by atoms with Gasteiger partial charge < -0.3 is 13.7 Å². The lowest BCUT2D eigenvalue weighted by Gasteiger charge is -2.44. The van der Waals surface area contributed by atoms with Crippen LogP contribution in [-0.2, 0) is 20.9 Å². The average molecular weight is 836 g/mol. The zero-order valence-electron chi connectivity index (χ0n) is 31.6. The Bertz CT molecular complexity index is 2150. The molecule has 3 aromatic carbocycles. The largest absolute Gasteiger partial charge is 0.407 e. The van der Waals surface area contributed by atoms with Crippen LogP contribution in [0.25, 0.3) is 32.7 Å². The van der Waals surface area contributed by atoms with Gasteiger partial charge in [-0.05, 0) is 81.6 Å². The fraction of sp³-hybridized carbons (Fsp3) is 0.357. The first-order valence-corrected chi connectivity index (χ1v) is 21.7. The van der Waals surface area contributed by atoms with Gasteiger partial charge in [-0.15, -0.1) is 0 Å². The number of hydrogen-bond donors (Lipinski definition) is 0. The summed E-state index contributed by atoms with van der Waals surface area (Å²) in [6.07, 6.45) is -4.37. The predicted octanol–water partition coefficient (Wildman–Crippen LogP) is 10.7. The van der Waals surface area contributed by atoms with Crippen LogP contribution >= 0.6 is 27.5 Å². The maximum atomic E-state index is 16.2. The third-order valence-electron chi connectivity index (χ3n) is 9.98. The minimum atomic E-state index is -3.28. The molecule has 2 atom stereocenters. The molecule has 0 bridgehead atoms. The first kappa shape index (κ1) is 40.0. The molecule has 3 heterocycles. The number of methoxy groups -OCH3 is 1. The molecule has 0 radical (unpaired) electrons. The molecule has 0 amide bonds. The van der Waals surface area contributed by atoms with Gasteiger partial charge in [0.05, 0.1) is 28.3 Å². The molecule has 54 heavy (non-hydrogen) atoms. The predicted molar refractivity (Wildman–Crippen MR) is 219 cm³/mol. The summed E-state index contributed by atoms with van der Waals surface area (Å²) in [5.41, 5.74) is 2.68. The lowest BCUT2D eigenvalue weighted by atomic mass is 9.84. The van der Waals surface area contributed by atoms with E-state index in [2.05, 4.69) is 113 Å². The maximum Gasteiger partial charge on any atom is 0.288 e. The molecule has 0 spiro atoms. The number of nitrogens with zero attached hydrogens (tertiary/aromatic N) is 4. The summed E-state index contributed by atoms with van der Waals surface area (Å²) in [6.45, 7) is 13.1. The van der Waals surface area contributed by atoms with Crippen LogP contribution in [-0.4, -0.2) is 47.4 Å². The number of alkyl halides is 4. The lowest BCUT2D eigenvalue weighted by molar-refractivity contribution is 0.0114. The van der Waals surface area contributed by atoms with Crippen molar-refractivity contribution >= 4 is 57.1 Å². The van der Waals surface area contributed by atoms with Gasteiger partial charge in [-0.3, -0.25) is 4.98 Å². The molecule has 0 saturated carbocycles. The van der Waals surface area contributed by atoms with Crippen molar-refractivity contribution in [3.63, 3.8) is 0 Å². The van der Waals surface area contributed by atoms with Gasteiger partial charge >= 0.3 is 0 Å². The first-order valence-electron chi connectivity index (χ1n) is 17.9. The summed E-state index contributed by atoms with van der Waals surface area (Å²) in [5, 5.41) is 3.90. The van der Waals surface area contributed by atoms with Gasteiger partial charge in [-0.1, -0.05) is 111 Å². The van der Waals surface area contributed by atoms with Crippen molar-refractivity contribution in [1.82, 2.24) is 18.9 Å². The van der Waals surface area contributed by atoms with Crippen molar-refractivity contribution < 1.29 is 22.3 Å². The smallest absolute Gasteiger partial charge is 0.288 e. The molecule has 0 aliphatic rings. The summed E-state index contributed by atoms with van der Waals surface area (Å²) in [6, 6.07) is 29.9. The monoisotopic (exact) mass is 834 g/mol. The Morgan fingerprint density at radius 2 is 1.54 bits per heavy atom. The Balaban J connectivity index is 1.56. The number of pyridine rings is 1. The Kier molecular flexibility index (Phi) is 12.0. The highest BCUT2D eigenvalue weighted by atomic mass is 79.9. The molecule has 3 aromatic heterocycles. The van der Waals surface area contributed by atoms with Crippen molar-refractivity contribution in [3.8, 4) is 21.8 Å². The highest BCUT2D eigenvalue weighted by Crippen LogP contribution is 2.45. The number of benzene rings is 3. The molecule has 0 N–H and O–H groups in total. The van der Waals surface area contributed by atoms with Gasteiger partial charge in [-0.25, -0.2) is 18.2 Å². The molecule has 0 fully saturated rings. The minimum absolute atomic E-state index is 0.253. The number of hydrogen-bond acceptors (Lipinski definition) is 6. The van der Waals surface area contributed by atoms with E-state index >= 15 is 4.39 Å². The zero-order chi connectivity index (χ0) is 38.8. The molecule has 284 valence electrons. The Morgan fingerprint density at radius 1 is 0.889 bits per heavy atom. The highest BCUT2D eigenvalue weighted by Gasteiger charge is 2.51. The maximum absolute atomic E-state index is 16.2. The van der Waals surface area contributed by atoms with Crippen molar-refractivity contribution in [2.24, 2.45) is 5.41 Å². The second kappa shape index (κ2) is 16.2. The molecule has 6 aromatic rings. The first-order chi connectivity index (χ1) is 25.7. The van der Waals surface area contributed by atoms with E-state index in [1.165, 1.54) is 11.5 Å². The van der Waals surface area contributed by atoms with Gasteiger partial charge in [0, 0.05) is 36.4 Å². The standard InChI is InChI=1S/C42H46BrF3N4O2SSi/c1-27(51-7)36-31(19-14-22-47-36)37-33(32-23-28(40-48-35(25-43)49-53-40)20-21-34(32)50(37)39(46)38(44)45)24-42(5,6)26-52-54(41(2,3)4,29-15-10-8-11-16-29)30-17-12-9-13-18-30/h8-23,27,38-39H,24-26H2,1-7H3. The summed E-state index contributed by atoms with van der Waals surface area (Å²) >= 11 is 4.69. The molecule has 6 rings (SSSR count). The second-order valence-corrected chi connectivity index (χ2v) is 21.0. The van der Waals surface area contributed by atoms with Gasteiger partial charge in [0.1, 0.15) is 5.01 Å². The van der Waals surface area contributed by atoms with Gasteiger partial charge in [0.2, 0.25) is 6.30 Å². The quantitative estimate of drug-likeness (QED) is 0.0808. The van der Waals surface area contributed by atoms with Crippen LogP contribution in [0.5, 0.6) is 0 Å². The van der Waals surface area contributed by atoms with E-state index in [0.29, 0.717) is 62.6 Å². The highest BCUT2D eigenvalue weighted by molar-refractivity contribution is 9.08. The van der Waals surface area contributed by atoms with Crippen LogP contribution < -0.4 is 10.4 Å². The minimum Gasteiger partial charge on any atom is -0.407 e. The summed E-state index contributed by atoms with van der Waals surface area (Å²) in [7, 11) is -1.36. The van der Waals surface area contributed by atoms with Gasteiger partial charge in [-0.2, -0.15) is 4.37 Å². The fourth-order valence-electron chi connectivity index (χ4n) is 7.43. The van der Waals surface area contributed by atoms with Crippen LogP contribution in [0.4, 0.5) is 13.2 Å². The van der Waals surface area contributed by atoms with Crippen molar-refractivity contribution in [3.05, 3.63) is 114 Å². The van der Waals surface area contributed by atoms with Crippen molar-refractivity contribution in [2.45, 2.75) is 77.2 Å². The molecule has 0 aliphatic carbocycles. The van der Waals surface area contributed by atoms with E-state index in [4.69, 9.17) is 9.16 Å². The molecule has 2 unspecified atom stereocenters. The van der Waals surface area contributed by atoms with E-state index in [1.54, 1.807) is 31.5 Å². The van der Waals surface area contributed by atoms with E-state index in [1.807, 2.05) is 31.2 Å². The SMILES string of the molecule is COC(C)c1ncccc1-c1c(CC(C)(C)CO[Si](c2ccccc2)(c2ccccc2)C(C)(C)C)c2cc(-c3nc(CBr)ns3)ccc2n1C(F)C(F)F. The van der Waals surface area contributed by atoms with Gasteiger partial charge in [0.25, 0.3) is 14.7 Å². The van der Waals surface area contributed by atoms with Crippen LogP contribution in [0.1, 0.15) is 71.0 Å². The summed E-state index contributed by atoms with van der Waals surface area (Å²) < 4.78 is 64.1. The second-order valence-electron chi connectivity index (χ2n) is 15.4. The number of ether oxygens (including phenoxy) is 1. The molecule has 0 aliphatic heterocycles.